The number of amides is 2. The van der Waals surface area contributed by atoms with Crippen molar-refractivity contribution in [3.63, 3.8) is 0 Å². The molecule has 184 valence electrons. The maximum absolute atomic E-state index is 13.7. The third-order valence-electron chi connectivity index (χ3n) is 5.76. The maximum atomic E-state index is 13.7. The first-order chi connectivity index (χ1) is 16.9. The highest BCUT2D eigenvalue weighted by Crippen LogP contribution is 2.26. The molecule has 1 atom stereocenters. The Morgan fingerprint density at radius 1 is 0.914 bits per heavy atom. The van der Waals surface area contributed by atoms with Crippen LogP contribution >= 0.6 is 23.2 Å². The van der Waals surface area contributed by atoms with Crippen LogP contribution in [0.5, 0.6) is 0 Å². The van der Waals surface area contributed by atoms with Gasteiger partial charge in [0.15, 0.2) is 0 Å². The van der Waals surface area contributed by atoms with Crippen LogP contribution in [0.3, 0.4) is 0 Å². The first kappa shape index (κ1) is 26.7. The van der Waals surface area contributed by atoms with Gasteiger partial charge in [-0.1, -0.05) is 85.1 Å². The van der Waals surface area contributed by atoms with Crippen molar-refractivity contribution in [1.29, 1.82) is 0 Å². The van der Waals surface area contributed by atoms with Crippen molar-refractivity contribution in [2.45, 2.75) is 45.2 Å². The van der Waals surface area contributed by atoms with Crippen LogP contribution in [-0.2, 0) is 29.0 Å². The van der Waals surface area contributed by atoms with Gasteiger partial charge in [-0.3, -0.25) is 9.59 Å². The maximum Gasteiger partial charge on any atom is 0.243 e. The first-order valence-corrected chi connectivity index (χ1v) is 12.4. The third kappa shape index (κ3) is 7.81. The summed E-state index contributed by atoms with van der Waals surface area (Å²) in [7, 11) is 0. The molecule has 3 rings (SSSR count). The molecule has 2 amide bonds. The number of carbonyl (C=O) groups is 2. The Bertz CT molecular complexity index is 1100. The van der Waals surface area contributed by atoms with Crippen molar-refractivity contribution in [3.8, 4) is 0 Å². The van der Waals surface area contributed by atoms with Crippen LogP contribution in [-0.4, -0.2) is 29.3 Å². The van der Waals surface area contributed by atoms with E-state index in [1.54, 1.807) is 35.2 Å². The summed E-state index contributed by atoms with van der Waals surface area (Å²) in [5.74, 6) is -0.897. The Morgan fingerprint density at radius 2 is 1.57 bits per heavy atom. The number of rotatable bonds is 11. The lowest BCUT2D eigenvalue weighted by atomic mass is 10.0. The average molecular weight is 515 g/mol. The van der Waals surface area contributed by atoms with Crippen LogP contribution in [0.4, 0.5) is 4.39 Å². The number of hydrogen-bond donors (Lipinski definition) is 1. The van der Waals surface area contributed by atoms with E-state index in [9.17, 15) is 14.0 Å². The molecule has 0 aromatic heterocycles. The van der Waals surface area contributed by atoms with Crippen LogP contribution in [0.15, 0.2) is 72.8 Å². The molecule has 0 heterocycles. The smallest absolute Gasteiger partial charge is 0.243 e. The molecule has 0 radical (unpaired) electrons. The molecule has 0 aliphatic carbocycles. The summed E-state index contributed by atoms with van der Waals surface area (Å²) in [6.45, 7) is 2.71. The monoisotopic (exact) mass is 514 g/mol. The number of unbranched alkanes of at least 4 members (excludes halogenated alkanes) is 1. The molecule has 1 unspecified atom stereocenters. The summed E-state index contributed by atoms with van der Waals surface area (Å²) >= 11 is 12.7. The zero-order chi connectivity index (χ0) is 25.2. The third-order valence-corrected chi connectivity index (χ3v) is 6.46. The molecule has 0 bridgehead atoms. The highest BCUT2D eigenvalue weighted by Gasteiger charge is 2.31. The summed E-state index contributed by atoms with van der Waals surface area (Å²) in [5.41, 5.74) is 2.15. The molecule has 3 aromatic carbocycles. The Morgan fingerprint density at radius 3 is 2.20 bits per heavy atom. The average Bonchev–Trinajstić information content (AvgIpc) is 2.85. The van der Waals surface area contributed by atoms with Gasteiger partial charge in [0.1, 0.15) is 11.9 Å². The standard InChI is InChI=1S/C28H29Cl2FN2O2/c1-2-3-16-32-28(35)26(17-20-8-5-4-6-9-20)33(19-21-12-14-22(31)15-13-21)27(34)18-23-24(29)10-7-11-25(23)30/h4-15,26H,2-3,16-19H2,1H3,(H,32,35). The van der Waals surface area contributed by atoms with E-state index >= 15 is 0 Å². The highest BCUT2D eigenvalue weighted by atomic mass is 35.5. The molecular weight excluding hydrogens is 486 g/mol. The lowest BCUT2D eigenvalue weighted by Crippen LogP contribution is -2.51. The van der Waals surface area contributed by atoms with Crippen molar-refractivity contribution in [2.24, 2.45) is 0 Å². The molecule has 35 heavy (non-hydrogen) atoms. The predicted octanol–water partition coefficient (Wildman–Crippen LogP) is 6.23. The second-order valence-electron chi connectivity index (χ2n) is 8.38. The highest BCUT2D eigenvalue weighted by molar-refractivity contribution is 6.36. The van der Waals surface area contributed by atoms with E-state index in [0.717, 1.165) is 18.4 Å². The molecule has 0 aliphatic rings. The fourth-order valence-corrected chi connectivity index (χ4v) is 4.33. The lowest BCUT2D eigenvalue weighted by molar-refractivity contribution is -0.140. The van der Waals surface area contributed by atoms with Crippen molar-refractivity contribution in [2.75, 3.05) is 6.54 Å². The van der Waals surface area contributed by atoms with Crippen molar-refractivity contribution in [3.05, 3.63) is 105 Å². The minimum Gasteiger partial charge on any atom is -0.354 e. The number of benzene rings is 3. The fraction of sp³-hybridized carbons (Fsp3) is 0.286. The second-order valence-corrected chi connectivity index (χ2v) is 9.19. The molecule has 0 saturated carbocycles. The van der Waals surface area contributed by atoms with E-state index in [4.69, 9.17) is 23.2 Å². The van der Waals surface area contributed by atoms with Gasteiger partial charge in [0.25, 0.3) is 0 Å². The molecule has 0 saturated heterocycles. The number of carbonyl (C=O) groups excluding carboxylic acids is 2. The van der Waals surface area contributed by atoms with Gasteiger partial charge in [-0.15, -0.1) is 0 Å². The number of nitrogens with one attached hydrogen (secondary N) is 1. The van der Waals surface area contributed by atoms with E-state index in [-0.39, 0.29) is 30.6 Å². The molecule has 0 aliphatic heterocycles. The predicted molar refractivity (Wildman–Crippen MR) is 139 cm³/mol. The fourth-order valence-electron chi connectivity index (χ4n) is 3.80. The Hall–Kier alpha value is -2.89. The van der Waals surface area contributed by atoms with Crippen LogP contribution in [0.1, 0.15) is 36.5 Å². The first-order valence-electron chi connectivity index (χ1n) is 11.7. The quantitative estimate of drug-likeness (QED) is 0.308. The topological polar surface area (TPSA) is 49.4 Å². The van der Waals surface area contributed by atoms with E-state index in [1.807, 2.05) is 37.3 Å². The van der Waals surface area contributed by atoms with Crippen LogP contribution in [0, 0.1) is 5.82 Å². The number of hydrogen-bond acceptors (Lipinski definition) is 2. The van der Waals surface area contributed by atoms with Crippen LogP contribution < -0.4 is 5.32 Å². The molecular formula is C28H29Cl2FN2O2. The Balaban J connectivity index is 1.97. The molecule has 0 fully saturated rings. The Kier molecular flexibility index (Phi) is 10.1. The van der Waals surface area contributed by atoms with E-state index in [2.05, 4.69) is 5.32 Å². The normalized spacial score (nSPS) is 11.7. The number of nitrogens with zero attached hydrogens (tertiary/aromatic N) is 1. The second kappa shape index (κ2) is 13.3. The summed E-state index contributed by atoms with van der Waals surface area (Å²) in [4.78, 5) is 28.6. The van der Waals surface area contributed by atoms with E-state index < -0.39 is 6.04 Å². The minimum atomic E-state index is -0.770. The van der Waals surface area contributed by atoms with E-state index in [0.29, 0.717) is 34.1 Å². The van der Waals surface area contributed by atoms with Gasteiger partial charge in [-0.25, -0.2) is 4.39 Å². The number of halogens is 3. The minimum absolute atomic E-state index is 0.0623. The summed E-state index contributed by atoms with van der Waals surface area (Å²) in [6.07, 6.45) is 2.05. The molecule has 3 aromatic rings. The zero-order valence-electron chi connectivity index (χ0n) is 19.6. The van der Waals surface area contributed by atoms with Gasteiger partial charge in [0, 0.05) is 29.6 Å². The largest absolute Gasteiger partial charge is 0.354 e. The summed E-state index contributed by atoms with van der Waals surface area (Å²) in [5, 5.41) is 3.75. The molecule has 7 heteroatoms. The van der Waals surface area contributed by atoms with Crippen molar-refractivity contribution < 1.29 is 14.0 Å². The van der Waals surface area contributed by atoms with Gasteiger partial charge in [0.05, 0.1) is 6.42 Å². The van der Waals surface area contributed by atoms with Crippen LogP contribution in [0.25, 0.3) is 0 Å². The lowest BCUT2D eigenvalue weighted by Gasteiger charge is -2.32. The van der Waals surface area contributed by atoms with Gasteiger partial charge >= 0.3 is 0 Å². The van der Waals surface area contributed by atoms with Gasteiger partial charge in [-0.2, -0.15) is 0 Å². The van der Waals surface area contributed by atoms with Crippen molar-refractivity contribution >= 4 is 35.0 Å². The SMILES string of the molecule is CCCCNC(=O)C(Cc1ccccc1)N(Cc1ccc(F)cc1)C(=O)Cc1c(Cl)cccc1Cl. The summed E-state index contributed by atoms with van der Waals surface area (Å²) < 4.78 is 13.5. The summed E-state index contributed by atoms with van der Waals surface area (Å²) in [6, 6.07) is 19.8. The van der Waals surface area contributed by atoms with Gasteiger partial charge in [0.2, 0.25) is 11.8 Å². The zero-order valence-corrected chi connectivity index (χ0v) is 21.2. The Labute approximate surface area is 216 Å². The molecule has 4 nitrogen and oxygen atoms in total. The molecule has 1 N–H and O–H groups in total. The van der Waals surface area contributed by atoms with Gasteiger partial charge < -0.3 is 10.2 Å². The van der Waals surface area contributed by atoms with E-state index in [1.165, 1.54) is 12.1 Å². The van der Waals surface area contributed by atoms with Crippen molar-refractivity contribution in [1.82, 2.24) is 10.2 Å². The van der Waals surface area contributed by atoms with Crippen LogP contribution in [0.2, 0.25) is 10.0 Å². The molecule has 0 spiro atoms. The van der Waals surface area contributed by atoms with Gasteiger partial charge in [-0.05, 0) is 47.4 Å².